The lowest BCUT2D eigenvalue weighted by atomic mass is 10.1. The lowest BCUT2D eigenvalue weighted by molar-refractivity contribution is -0.162. The largest absolute Gasteiger partial charge is 0.467 e. The molecule has 116 valence electrons. The van der Waals surface area contributed by atoms with E-state index in [1.807, 2.05) is 24.3 Å². The van der Waals surface area contributed by atoms with E-state index in [-0.39, 0.29) is 6.54 Å². The van der Waals surface area contributed by atoms with Gasteiger partial charge in [0, 0.05) is 43.4 Å². The van der Waals surface area contributed by atoms with Crippen LogP contribution >= 0.6 is 11.6 Å². The summed E-state index contributed by atoms with van der Waals surface area (Å²) in [6, 6.07) is 7.77. The topological polar surface area (TPSA) is 53.0 Å². The molecule has 0 aliphatic carbocycles. The van der Waals surface area contributed by atoms with E-state index in [2.05, 4.69) is 14.5 Å². The number of esters is 1. The van der Waals surface area contributed by atoms with Gasteiger partial charge in [-0.15, -0.1) is 0 Å². The third kappa shape index (κ3) is 4.09. The van der Waals surface area contributed by atoms with E-state index >= 15 is 0 Å². The van der Waals surface area contributed by atoms with Crippen LogP contribution in [0.2, 0.25) is 5.02 Å². The molecule has 1 aliphatic rings. The summed E-state index contributed by atoms with van der Waals surface area (Å²) >= 11 is 5.89. The van der Waals surface area contributed by atoms with Crippen molar-refractivity contribution in [3.63, 3.8) is 0 Å². The van der Waals surface area contributed by atoms with Gasteiger partial charge in [0.2, 0.25) is 0 Å². The third-order valence-corrected chi connectivity index (χ3v) is 3.97. The zero-order valence-electron chi connectivity index (χ0n) is 12.4. The first-order chi connectivity index (χ1) is 9.92. The lowest BCUT2D eigenvalue weighted by Crippen LogP contribution is -2.53. The highest BCUT2D eigenvalue weighted by Crippen LogP contribution is 2.20. The summed E-state index contributed by atoms with van der Waals surface area (Å²) in [7, 11) is 1.29. The zero-order chi connectivity index (χ0) is 15.5. The van der Waals surface area contributed by atoms with Crippen molar-refractivity contribution in [1.29, 1.82) is 0 Å². The predicted molar refractivity (Wildman–Crippen MR) is 82.7 cm³/mol. The Morgan fingerprint density at radius 3 is 2.38 bits per heavy atom. The van der Waals surface area contributed by atoms with Crippen LogP contribution in [0.1, 0.15) is 6.92 Å². The summed E-state index contributed by atoms with van der Waals surface area (Å²) in [5.41, 5.74) is -0.323. The number of carbonyl (C=O) groups excluding carboxylic acids is 1. The highest BCUT2D eigenvalue weighted by atomic mass is 35.5. The second-order valence-electron chi connectivity index (χ2n) is 5.51. The van der Waals surface area contributed by atoms with Crippen LogP contribution in [0.4, 0.5) is 5.69 Å². The third-order valence-electron chi connectivity index (χ3n) is 3.72. The Morgan fingerprint density at radius 2 is 1.86 bits per heavy atom. The molecule has 1 unspecified atom stereocenters. The number of hydrogen-bond acceptors (Lipinski definition) is 5. The summed E-state index contributed by atoms with van der Waals surface area (Å²) in [5.74, 6) is -0.595. The Labute approximate surface area is 130 Å². The van der Waals surface area contributed by atoms with Crippen molar-refractivity contribution in [2.45, 2.75) is 12.5 Å². The number of carbonyl (C=O) groups is 1. The van der Waals surface area contributed by atoms with E-state index < -0.39 is 11.6 Å². The van der Waals surface area contributed by atoms with Crippen molar-refractivity contribution in [3.05, 3.63) is 29.3 Å². The fourth-order valence-electron chi connectivity index (χ4n) is 2.54. The van der Waals surface area contributed by atoms with Crippen LogP contribution in [0, 0.1) is 0 Å². The molecule has 0 amide bonds. The summed E-state index contributed by atoms with van der Waals surface area (Å²) in [6.07, 6.45) is 0. The van der Waals surface area contributed by atoms with Gasteiger partial charge in [0.1, 0.15) is 0 Å². The van der Waals surface area contributed by atoms with Gasteiger partial charge >= 0.3 is 5.97 Å². The first-order valence-corrected chi connectivity index (χ1v) is 7.34. The van der Waals surface area contributed by atoms with Crippen molar-refractivity contribution in [2.75, 3.05) is 44.7 Å². The quantitative estimate of drug-likeness (QED) is 0.852. The van der Waals surface area contributed by atoms with Gasteiger partial charge in [-0.25, -0.2) is 4.79 Å². The zero-order valence-corrected chi connectivity index (χ0v) is 13.1. The van der Waals surface area contributed by atoms with Crippen LogP contribution in [0.25, 0.3) is 0 Å². The molecule has 5 nitrogen and oxygen atoms in total. The molecule has 1 fully saturated rings. The van der Waals surface area contributed by atoms with E-state index in [1.54, 1.807) is 0 Å². The average molecular weight is 313 g/mol. The minimum absolute atomic E-state index is 0.286. The maximum atomic E-state index is 11.5. The van der Waals surface area contributed by atoms with Crippen molar-refractivity contribution in [3.8, 4) is 0 Å². The van der Waals surface area contributed by atoms with E-state index in [9.17, 15) is 9.90 Å². The van der Waals surface area contributed by atoms with Crippen LogP contribution in [0.3, 0.4) is 0 Å². The van der Waals surface area contributed by atoms with E-state index in [1.165, 1.54) is 14.0 Å². The number of hydrogen-bond donors (Lipinski definition) is 1. The molecule has 1 aromatic rings. The van der Waals surface area contributed by atoms with Crippen molar-refractivity contribution < 1.29 is 14.6 Å². The summed E-state index contributed by atoms with van der Waals surface area (Å²) < 4.78 is 4.62. The second-order valence-corrected chi connectivity index (χ2v) is 5.94. The average Bonchev–Trinajstić information content (AvgIpc) is 2.47. The minimum atomic E-state index is -1.46. The van der Waals surface area contributed by atoms with Crippen LogP contribution < -0.4 is 4.90 Å². The molecular formula is C15H21ClN2O3. The van der Waals surface area contributed by atoms with Crippen LogP contribution in [-0.4, -0.2) is 61.4 Å². The number of ether oxygens (including phenoxy) is 1. The Hall–Kier alpha value is -1.30. The Bertz CT molecular complexity index is 482. The van der Waals surface area contributed by atoms with Crippen molar-refractivity contribution in [1.82, 2.24) is 4.90 Å². The molecule has 0 spiro atoms. The van der Waals surface area contributed by atoms with Crippen LogP contribution in [0.5, 0.6) is 0 Å². The Morgan fingerprint density at radius 1 is 1.29 bits per heavy atom. The highest BCUT2D eigenvalue weighted by Gasteiger charge is 2.34. The Balaban J connectivity index is 1.88. The van der Waals surface area contributed by atoms with E-state index in [0.717, 1.165) is 36.9 Å². The molecule has 1 heterocycles. The number of rotatable bonds is 4. The van der Waals surface area contributed by atoms with Crippen LogP contribution in [-0.2, 0) is 9.53 Å². The van der Waals surface area contributed by atoms with Gasteiger partial charge in [0.05, 0.1) is 7.11 Å². The first-order valence-electron chi connectivity index (χ1n) is 6.96. The molecule has 2 rings (SSSR count). The fourth-order valence-corrected chi connectivity index (χ4v) is 2.66. The van der Waals surface area contributed by atoms with Gasteiger partial charge in [-0.05, 0) is 31.2 Å². The highest BCUT2D eigenvalue weighted by molar-refractivity contribution is 6.30. The summed E-state index contributed by atoms with van der Waals surface area (Å²) in [6.45, 7) is 5.04. The van der Waals surface area contributed by atoms with Gasteiger partial charge in [-0.2, -0.15) is 0 Å². The number of halogens is 1. The van der Waals surface area contributed by atoms with Gasteiger partial charge in [-0.3, -0.25) is 4.90 Å². The van der Waals surface area contributed by atoms with E-state index in [4.69, 9.17) is 11.6 Å². The smallest absolute Gasteiger partial charge is 0.338 e. The molecule has 0 aromatic heterocycles. The number of β-amino-alcohol motifs (C(OH)–C–C–N with tert-alkyl or cyclic N) is 1. The molecule has 0 saturated carbocycles. The number of benzene rings is 1. The fraction of sp³-hybridized carbons (Fsp3) is 0.533. The maximum Gasteiger partial charge on any atom is 0.338 e. The minimum Gasteiger partial charge on any atom is -0.467 e. The van der Waals surface area contributed by atoms with Gasteiger partial charge in [0.25, 0.3) is 0 Å². The van der Waals surface area contributed by atoms with Crippen molar-refractivity contribution >= 4 is 23.3 Å². The lowest BCUT2D eigenvalue weighted by Gasteiger charge is -2.38. The van der Waals surface area contributed by atoms with Crippen molar-refractivity contribution in [2.24, 2.45) is 0 Å². The summed E-state index contributed by atoms with van der Waals surface area (Å²) in [4.78, 5) is 15.8. The number of anilines is 1. The molecule has 1 saturated heterocycles. The molecule has 1 aliphatic heterocycles. The maximum absolute atomic E-state index is 11.5. The first kappa shape index (κ1) is 16.1. The SMILES string of the molecule is COC(=O)C(C)(O)CN1CCN(c2ccc(Cl)cc2)CC1. The number of methoxy groups -OCH3 is 1. The molecule has 0 radical (unpaired) electrons. The molecular weight excluding hydrogens is 292 g/mol. The van der Waals surface area contributed by atoms with Gasteiger partial charge in [-0.1, -0.05) is 11.6 Å². The molecule has 21 heavy (non-hydrogen) atoms. The van der Waals surface area contributed by atoms with E-state index in [0.29, 0.717) is 0 Å². The predicted octanol–water partition coefficient (Wildman–Crippen LogP) is 1.39. The second kappa shape index (κ2) is 6.64. The normalized spacial score (nSPS) is 19.1. The number of aliphatic hydroxyl groups is 1. The monoisotopic (exact) mass is 312 g/mol. The molecule has 1 atom stereocenters. The molecule has 1 N–H and O–H groups in total. The Kier molecular flexibility index (Phi) is 5.08. The molecule has 6 heteroatoms. The number of piperazine rings is 1. The van der Waals surface area contributed by atoms with Gasteiger partial charge < -0.3 is 14.7 Å². The number of nitrogens with zero attached hydrogens (tertiary/aromatic N) is 2. The van der Waals surface area contributed by atoms with Crippen LogP contribution in [0.15, 0.2) is 24.3 Å². The molecule has 1 aromatic carbocycles. The molecule has 0 bridgehead atoms. The van der Waals surface area contributed by atoms with Gasteiger partial charge in [0.15, 0.2) is 5.60 Å². The summed E-state index contributed by atoms with van der Waals surface area (Å²) in [5, 5.41) is 10.8. The standard InChI is InChI=1S/C15H21ClN2O3/c1-15(20,14(19)21-2)11-17-7-9-18(10-8-17)13-5-3-12(16)4-6-13/h3-6,20H,7-11H2,1-2H3.